The monoisotopic (exact) mass is 165 g/mol. The van der Waals surface area contributed by atoms with E-state index in [2.05, 4.69) is 0 Å². The molecule has 1 saturated heterocycles. The minimum absolute atomic E-state index is 0.345. The summed E-state index contributed by atoms with van der Waals surface area (Å²) < 4.78 is 29.2. The van der Waals surface area contributed by atoms with Gasteiger partial charge < -0.3 is 9.64 Å². The molecule has 0 aromatic rings. The Morgan fingerprint density at radius 3 is 2.91 bits per heavy atom. The number of hydrogen-bond acceptors (Lipinski definition) is 2. The Hall–Kier alpha value is -0.220. The lowest BCUT2D eigenvalue weighted by Gasteiger charge is -2.18. The fourth-order valence-corrected chi connectivity index (χ4v) is 1.17. The van der Waals surface area contributed by atoms with Crippen molar-refractivity contribution in [3.05, 3.63) is 0 Å². The molecule has 0 saturated carbocycles. The number of nitrogens with zero attached hydrogens (tertiary/aromatic N) is 1. The number of halogens is 2. The summed E-state index contributed by atoms with van der Waals surface area (Å²) in [5.74, 6) is 0. The highest BCUT2D eigenvalue weighted by Gasteiger charge is 2.24. The Balaban J connectivity index is 2.39. The first kappa shape index (κ1) is 8.87. The molecule has 0 amide bonds. The van der Waals surface area contributed by atoms with E-state index in [1.165, 1.54) is 0 Å². The van der Waals surface area contributed by atoms with Crippen LogP contribution in [0.2, 0.25) is 0 Å². The molecule has 1 atom stereocenters. The minimum atomic E-state index is -2.35. The second-order valence-electron chi connectivity index (χ2n) is 2.86. The second-order valence-corrected chi connectivity index (χ2v) is 2.86. The number of rotatable bonds is 1. The highest BCUT2D eigenvalue weighted by Crippen LogP contribution is 2.10. The van der Waals surface area contributed by atoms with Gasteiger partial charge in [0.25, 0.3) is 6.43 Å². The first-order chi connectivity index (χ1) is 5.20. The molecule has 0 aromatic carbocycles. The van der Waals surface area contributed by atoms with E-state index >= 15 is 0 Å². The van der Waals surface area contributed by atoms with Gasteiger partial charge in [-0.3, -0.25) is 0 Å². The van der Waals surface area contributed by atoms with Crippen molar-refractivity contribution < 1.29 is 13.5 Å². The van der Waals surface area contributed by atoms with Gasteiger partial charge in [0, 0.05) is 19.7 Å². The maximum Gasteiger partial charge on any atom is 0.265 e. The van der Waals surface area contributed by atoms with E-state index in [0.29, 0.717) is 13.2 Å². The Morgan fingerprint density at radius 1 is 1.55 bits per heavy atom. The topological polar surface area (TPSA) is 12.5 Å². The molecule has 0 radical (unpaired) electrons. The molecular weight excluding hydrogens is 152 g/mol. The molecule has 66 valence electrons. The van der Waals surface area contributed by atoms with E-state index in [4.69, 9.17) is 4.74 Å². The Labute approximate surface area is 65.1 Å². The number of ether oxygens (including phenoxy) is 1. The molecule has 2 nitrogen and oxygen atoms in total. The third kappa shape index (κ3) is 2.71. The summed E-state index contributed by atoms with van der Waals surface area (Å²) in [5, 5.41) is 0. The van der Waals surface area contributed by atoms with E-state index in [1.807, 2.05) is 11.9 Å². The molecule has 11 heavy (non-hydrogen) atoms. The molecule has 1 fully saturated rings. The zero-order valence-electron chi connectivity index (χ0n) is 6.59. The van der Waals surface area contributed by atoms with Gasteiger partial charge in [-0.25, -0.2) is 8.78 Å². The van der Waals surface area contributed by atoms with Gasteiger partial charge >= 0.3 is 0 Å². The average Bonchev–Trinajstić information content (AvgIpc) is 2.13. The molecule has 0 bridgehead atoms. The van der Waals surface area contributed by atoms with Crippen LogP contribution in [0.15, 0.2) is 0 Å². The summed E-state index contributed by atoms with van der Waals surface area (Å²) in [6.45, 7) is 1.65. The van der Waals surface area contributed by atoms with Crippen LogP contribution < -0.4 is 0 Å². The highest BCUT2D eigenvalue weighted by atomic mass is 19.3. The molecule has 1 aliphatic heterocycles. The van der Waals surface area contributed by atoms with Gasteiger partial charge in [-0.15, -0.1) is 0 Å². The standard InChI is InChI=1S/C7H13F2NO/c1-10-3-2-4-11-6(5-10)7(8)9/h6-7H,2-5H2,1H3/t6-/m0/s1. The van der Waals surface area contributed by atoms with Crippen molar-refractivity contribution in [3.8, 4) is 0 Å². The van der Waals surface area contributed by atoms with Gasteiger partial charge in [-0.1, -0.05) is 0 Å². The summed E-state index contributed by atoms with van der Waals surface area (Å²) in [6.07, 6.45) is -2.39. The normalized spacial score (nSPS) is 28.9. The van der Waals surface area contributed by atoms with Crippen LogP contribution in [-0.2, 0) is 4.74 Å². The van der Waals surface area contributed by atoms with Crippen LogP contribution in [-0.4, -0.2) is 44.2 Å². The molecular formula is C7H13F2NO. The molecule has 1 aliphatic rings. The van der Waals surface area contributed by atoms with E-state index in [-0.39, 0.29) is 0 Å². The smallest absolute Gasteiger partial charge is 0.265 e. The third-order valence-electron chi connectivity index (χ3n) is 1.79. The molecule has 0 spiro atoms. The Kier molecular flexibility index (Phi) is 3.20. The van der Waals surface area contributed by atoms with Crippen LogP contribution in [0.4, 0.5) is 8.78 Å². The van der Waals surface area contributed by atoms with Crippen LogP contribution in [0.5, 0.6) is 0 Å². The van der Waals surface area contributed by atoms with Crippen molar-refractivity contribution in [2.45, 2.75) is 19.0 Å². The van der Waals surface area contributed by atoms with E-state index in [1.54, 1.807) is 0 Å². The van der Waals surface area contributed by atoms with Crippen molar-refractivity contribution in [2.24, 2.45) is 0 Å². The van der Waals surface area contributed by atoms with Crippen LogP contribution in [0.25, 0.3) is 0 Å². The van der Waals surface area contributed by atoms with Crippen LogP contribution in [0.3, 0.4) is 0 Å². The number of alkyl halides is 2. The van der Waals surface area contributed by atoms with E-state index in [0.717, 1.165) is 13.0 Å². The number of hydrogen-bond donors (Lipinski definition) is 0. The molecule has 0 aliphatic carbocycles. The maximum atomic E-state index is 12.1. The molecule has 4 heteroatoms. The number of likely N-dealkylation sites (N-methyl/N-ethyl adjacent to an activating group) is 1. The van der Waals surface area contributed by atoms with Gasteiger partial charge in [0.05, 0.1) is 0 Å². The molecule has 0 aromatic heterocycles. The lowest BCUT2D eigenvalue weighted by Crippen LogP contribution is -2.33. The third-order valence-corrected chi connectivity index (χ3v) is 1.79. The first-order valence-corrected chi connectivity index (χ1v) is 3.78. The zero-order chi connectivity index (χ0) is 8.27. The average molecular weight is 165 g/mol. The summed E-state index contributed by atoms with van der Waals surface area (Å²) in [6, 6.07) is 0. The largest absolute Gasteiger partial charge is 0.371 e. The molecule has 0 unspecified atom stereocenters. The quantitative estimate of drug-likeness (QED) is 0.574. The summed E-state index contributed by atoms with van der Waals surface area (Å²) in [5.41, 5.74) is 0. The summed E-state index contributed by atoms with van der Waals surface area (Å²) >= 11 is 0. The lowest BCUT2D eigenvalue weighted by molar-refractivity contribution is -0.0535. The molecule has 0 N–H and O–H groups in total. The maximum absolute atomic E-state index is 12.1. The minimum Gasteiger partial charge on any atom is -0.371 e. The van der Waals surface area contributed by atoms with Gasteiger partial charge in [0.2, 0.25) is 0 Å². The Morgan fingerprint density at radius 2 is 2.27 bits per heavy atom. The molecule has 1 heterocycles. The fraction of sp³-hybridized carbons (Fsp3) is 1.00. The summed E-state index contributed by atoms with van der Waals surface area (Å²) in [4.78, 5) is 1.88. The lowest BCUT2D eigenvalue weighted by atomic mass is 10.3. The van der Waals surface area contributed by atoms with Crippen molar-refractivity contribution >= 4 is 0 Å². The van der Waals surface area contributed by atoms with Gasteiger partial charge in [-0.2, -0.15) is 0 Å². The summed E-state index contributed by atoms with van der Waals surface area (Å²) in [7, 11) is 1.84. The van der Waals surface area contributed by atoms with Crippen molar-refractivity contribution in [2.75, 3.05) is 26.7 Å². The molecule has 1 rings (SSSR count). The SMILES string of the molecule is CN1CCCO[C@H](C(F)F)C1. The second kappa shape index (κ2) is 3.97. The highest BCUT2D eigenvalue weighted by molar-refractivity contribution is 4.68. The van der Waals surface area contributed by atoms with Gasteiger partial charge in [-0.05, 0) is 13.5 Å². The van der Waals surface area contributed by atoms with Gasteiger partial charge in [0.15, 0.2) is 0 Å². The van der Waals surface area contributed by atoms with Crippen LogP contribution >= 0.6 is 0 Å². The van der Waals surface area contributed by atoms with Crippen molar-refractivity contribution in [1.29, 1.82) is 0 Å². The first-order valence-electron chi connectivity index (χ1n) is 3.78. The predicted octanol–water partition coefficient (Wildman–Crippen LogP) is 0.972. The van der Waals surface area contributed by atoms with Crippen molar-refractivity contribution in [3.63, 3.8) is 0 Å². The van der Waals surface area contributed by atoms with E-state index in [9.17, 15) is 8.78 Å². The van der Waals surface area contributed by atoms with E-state index < -0.39 is 12.5 Å². The van der Waals surface area contributed by atoms with Crippen molar-refractivity contribution in [1.82, 2.24) is 4.90 Å². The van der Waals surface area contributed by atoms with Crippen LogP contribution in [0, 0.1) is 0 Å². The van der Waals surface area contributed by atoms with Crippen LogP contribution in [0.1, 0.15) is 6.42 Å². The zero-order valence-corrected chi connectivity index (χ0v) is 6.59. The van der Waals surface area contributed by atoms with Gasteiger partial charge in [0.1, 0.15) is 6.10 Å². The predicted molar refractivity (Wildman–Crippen MR) is 37.9 cm³/mol. The fourth-order valence-electron chi connectivity index (χ4n) is 1.17. The Bertz CT molecular complexity index is 121.